The van der Waals surface area contributed by atoms with Gasteiger partial charge in [-0.25, -0.2) is 4.39 Å². The molecule has 0 fully saturated rings. The topological polar surface area (TPSA) is 52.5 Å². The van der Waals surface area contributed by atoms with Gasteiger partial charge in [-0.1, -0.05) is 15.9 Å². The lowest BCUT2D eigenvalue weighted by atomic mass is 10.3. The van der Waals surface area contributed by atoms with Crippen molar-refractivity contribution in [2.75, 3.05) is 18.5 Å². The Morgan fingerprint density at radius 2 is 2.14 bits per heavy atom. The quantitative estimate of drug-likeness (QED) is 0.769. The third kappa shape index (κ3) is 3.61. The average Bonchev–Trinajstić information content (AvgIpc) is 2.12. The highest BCUT2D eigenvalue weighted by Crippen LogP contribution is 2.18. The van der Waals surface area contributed by atoms with Crippen molar-refractivity contribution in [3.63, 3.8) is 0 Å². The maximum absolute atomic E-state index is 12.9. The summed E-state index contributed by atoms with van der Waals surface area (Å²) >= 11 is 3.15. The Balaban J connectivity index is 2.58. The molecule has 1 aromatic carbocycles. The van der Waals surface area contributed by atoms with Gasteiger partial charge in [-0.15, -0.1) is 0 Å². The smallest absolute Gasteiger partial charge is 0.126 e. The van der Waals surface area contributed by atoms with Gasteiger partial charge in [0.25, 0.3) is 0 Å². The van der Waals surface area contributed by atoms with Gasteiger partial charge >= 0.3 is 0 Å². The fraction of sp³-hybridized carbons (Fsp3) is 0.333. The Morgan fingerprint density at radius 3 is 2.71 bits per heavy atom. The van der Waals surface area contributed by atoms with Crippen LogP contribution in [0.25, 0.3) is 0 Å². The van der Waals surface area contributed by atoms with Gasteiger partial charge in [-0.3, -0.25) is 0 Å². The van der Waals surface area contributed by atoms with Gasteiger partial charge in [0.1, 0.15) is 5.82 Å². The van der Waals surface area contributed by atoms with E-state index in [9.17, 15) is 4.39 Å². The fourth-order valence-electron chi connectivity index (χ4n) is 0.956. The number of hydrogen-bond acceptors (Lipinski definition) is 3. The van der Waals surface area contributed by atoms with E-state index in [1.54, 1.807) is 6.07 Å². The minimum atomic E-state index is -0.836. The first-order valence-electron chi connectivity index (χ1n) is 4.10. The Hall–Kier alpha value is -0.650. The Labute approximate surface area is 89.7 Å². The summed E-state index contributed by atoms with van der Waals surface area (Å²) in [7, 11) is 0. The maximum atomic E-state index is 12.9. The number of hydrogen-bond donors (Lipinski definition) is 3. The van der Waals surface area contributed by atoms with Crippen molar-refractivity contribution in [1.29, 1.82) is 0 Å². The summed E-state index contributed by atoms with van der Waals surface area (Å²) in [6.45, 7) is -0.129. The highest BCUT2D eigenvalue weighted by atomic mass is 79.9. The molecule has 1 atom stereocenters. The molecular weight excluding hydrogens is 253 g/mol. The van der Waals surface area contributed by atoms with Crippen LogP contribution in [0.2, 0.25) is 0 Å². The fourth-order valence-corrected chi connectivity index (χ4v) is 1.42. The first kappa shape index (κ1) is 11.4. The van der Waals surface area contributed by atoms with Crippen LogP contribution in [-0.4, -0.2) is 29.5 Å². The Kier molecular flexibility index (Phi) is 4.31. The van der Waals surface area contributed by atoms with Crippen molar-refractivity contribution in [3.05, 3.63) is 28.5 Å². The highest BCUT2D eigenvalue weighted by Gasteiger charge is 2.02. The predicted octanol–water partition coefficient (Wildman–Crippen LogP) is 1.35. The lowest BCUT2D eigenvalue weighted by Gasteiger charge is -2.10. The number of aliphatic hydroxyl groups excluding tert-OH is 2. The second-order valence-corrected chi connectivity index (χ2v) is 3.79. The summed E-state index contributed by atoms with van der Waals surface area (Å²) in [5, 5.41) is 20.4. The van der Waals surface area contributed by atoms with Crippen molar-refractivity contribution in [3.8, 4) is 0 Å². The van der Waals surface area contributed by atoms with Crippen molar-refractivity contribution in [1.82, 2.24) is 0 Å². The number of halogens is 2. The first-order valence-corrected chi connectivity index (χ1v) is 4.90. The van der Waals surface area contributed by atoms with Crippen LogP contribution in [0, 0.1) is 5.82 Å². The third-order valence-electron chi connectivity index (χ3n) is 1.62. The molecule has 0 aliphatic heterocycles. The van der Waals surface area contributed by atoms with E-state index in [-0.39, 0.29) is 19.0 Å². The molecule has 0 saturated heterocycles. The number of rotatable bonds is 4. The SMILES string of the molecule is OC[C@@H](O)CNc1cc(F)cc(Br)c1. The van der Waals surface area contributed by atoms with Gasteiger partial charge < -0.3 is 15.5 Å². The van der Waals surface area contributed by atoms with Gasteiger partial charge in [0.15, 0.2) is 0 Å². The van der Waals surface area contributed by atoms with E-state index in [4.69, 9.17) is 10.2 Å². The van der Waals surface area contributed by atoms with Gasteiger partial charge in [0, 0.05) is 16.7 Å². The minimum Gasteiger partial charge on any atom is -0.394 e. The van der Waals surface area contributed by atoms with Crippen molar-refractivity contribution in [2.24, 2.45) is 0 Å². The van der Waals surface area contributed by atoms with Crippen LogP contribution in [0.1, 0.15) is 0 Å². The van der Waals surface area contributed by atoms with Gasteiger partial charge in [-0.2, -0.15) is 0 Å². The van der Waals surface area contributed by atoms with Crippen LogP contribution < -0.4 is 5.32 Å². The summed E-state index contributed by atoms with van der Waals surface area (Å²) in [4.78, 5) is 0. The first-order chi connectivity index (χ1) is 6.61. The summed E-state index contributed by atoms with van der Waals surface area (Å²) in [5.41, 5.74) is 0.560. The van der Waals surface area contributed by atoms with E-state index >= 15 is 0 Å². The molecule has 0 aromatic heterocycles. The van der Waals surface area contributed by atoms with Crippen LogP contribution in [0.15, 0.2) is 22.7 Å². The zero-order chi connectivity index (χ0) is 10.6. The zero-order valence-electron chi connectivity index (χ0n) is 7.37. The number of aliphatic hydroxyl groups is 2. The molecule has 0 saturated carbocycles. The Bertz CT molecular complexity index is 289. The summed E-state index contributed by atoms with van der Waals surface area (Å²) < 4.78 is 13.5. The molecule has 0 unspecified atom stereocenters. The van der Waals surface area contributed by atoms with Gasteiger partial charge in [0.05, 0.1) is 12.7 Å². The normalized spacial score (nSPS) is 12.6. The van der Waals surface area contributed by atoms with Crippen LogP contribution in [-0.2, 0) is 0 Å². The summed E-state index contributed by atoms with van der Waals surface area (Å²) in [5.74, 6) is -0.361. The minimum absolute atomic E-state index is 0.187. The molecule has 0 radical (unpaired) electrons. The number of anilines is 1. The second-order valence-electron chi connectivity index (χ2n) is 2.88. The maximum Gasteiger partial charge on any atom is 0.126 e. The molecule has 0 amide bonds. The molecule has 0 spiro atoms. The van der Waals surface area contributed by atoms with Crippen molar-refractivity contribution < 1.29 is 14.6 Å². The largest absolute Gasteiger partial charge is 0.394 e. The van der Waals surface area contributed by atoms with Crippen LogP contribution in [0.4, 0.5) is 10.1 Å². The van der Waals surface area contributed by atoms with Crippen molar-refractivity contribution in [2.45, 2.75) is 6.10 Å². The molecule has 1 aromatic rings. The molecule has 0 aliphatic carbocycles. The molecule has 14 heavy (non-hydrogen) atoms. The highest BCUT2D eigenvalue weighted by molar-refractivity contribution is 9.10. The van der Waals surface area contributed by atoms with E-state index < -0.39 is 6.10 Å². The second kappa shape index (κ2) is 5.29. The molecule has 0 heterocycles. The summed E-state index contributed by atoms with van der Waals surface area (Å²) in [6.07, 6.45) is -0.836. The third-order valence-corrected chi connectivity index (χ3v) is 2.07. The summed E-state index contributed by atoms with van der Waals surface area (Å²) in [6, 6.07) is 4.34. The molecule has 0 aliphatic rings. The number of benzene rings is 1. The van der Waals surface area contributed by atoms with Gasteiger partial charge in [-0.05, 0) is 18.2 Å². The average molecular weight is 264 g/mol. The predicted molar refractivity (Wildman–Crippen MR) is 55.7 cm³/mol. The molecule has 0 bridgehead atoms. The van der Waals surface area contributed by atoms with Crippen LogP contribution in [0.5, 0.6) is 0 Å². The van der Waals surface area contributed by atoms with E-state index in [2.05, 4.69) is 21.2 Å². The lowest BCUT2D eigenvalue weighted by Crippen LogP contribution is -2.22. The molecular formula is C9H11BrFNO2. The molecule has 3 N–H and O–H groups in total. The molecule has 3 nitrogen and oxygen atoms in total. The monoisotopic (exact) mass is 263 g/mol. The molecule has 78 valence electrons. The number of nitrogens with one attached hydrogen (secondary N) is 1. The van der Waals surface area contributed by atoms with Crippen LogP contribution in [0.3, 0.4) is 0 Å². The lowest BCUT2D eigenvalue weighted by molar-refractivity contribution is 0.105. The van der Waals surface area contributed by atoms with Crippen molar-refractivity contribution >= 4 is 21.6 Å². The Morgan fingerprint density at radius 1 is 1.43 bits per heavy atom. The standard InChI is InChI=1S/C9H11BrFNO2/c10-6-1-7(11)3-8(2-6)12-4-9(14)5-13/h1-3,9,12-14H,4-5H2/t9-/m0/s1. The van der Waals surface area contributed by atoms with Gasteiger partial charge in [0.2, 0.25) is 0 Å². The van der Waals surface area contributed by atoms with E-state index in [1.807, 2.05) is 0 Å². The van der Waals surface area contributed by atoms with E-state index in [1.165, 1.54) is 12.1 Å². The molecule has 5 heteroatoms. The van der Waals surface area contributed by atoms with E-state index in [0.717, 1.165) is 0 Å². The van der Waals surface area contributed by atoms with E-state index in [0.29, 0.717) is 10.2 Å². The molecule has 1 rings (SSSR count). The zero-order valence-corrected chi connectivity index (χ0v) is 8.96. The van der Waals surface area contributed by atoms with Crippen LogP contribution >= 0.6 is 15.9 Å².